The molecule has 0 saturated heterocycles. The van der Waals surface area contributed by atoms with E-state index in [1.807, 2.05) is 6.08 Å². The first-order valence-electron chi connectivity index (χ1n) is 4.72. The van der Waals surface area contributed by atoms with E-state index in [0.717, 1.165) is 11.0 Å². The third-order valence-corrected chi connectivity index (χ3v) is 3.18. The zero-order chi connectivity index (χ0) is 9.99. The Bertz CT molecular complexity index is 153. The summed E-state index contributed by atoms with van der Waals surface area (Å²) >= 11 is 0. The Kier molecular flexibility index (Phi) is 3.52. The molecule has 0 rings (SSSR count). The van der Waals surface area contributed by atoms with Crippen LogP contribution in [-0.2, 0) is 0 Å². The van der Waals surface area contributed by atoms with Crippen LogP contribution in [0.3, 0.4) is 0 Å². The number of rotatable bonds is 3. The van der Waals surface area contributed by atoms with Gasteiger partial charge in [0.1, 0.15) is 0 Å². The fraction of sp³-hybridized carbons (Fsp3) is 0.818. The second-order valence-electron chi connectivity index (χ2n) is 5.00. The Balaban J connectivity index is 4.73. The first kappa shape index (κ1) is 11.7. The highest BCUT2D eigenvalue weighted by Gasteiger charge is 2.37. The normalized spacial score (nSPS) is 17.6. The monoisotopic (exact) mass is 170 g/mol. The summed E-state index contributed by atoms with van der Waals surface area (Å²) in [5.41, 5.74) is 0.294. The van der Waals surface area contributed by atoms with E-state index in [0.29, 0.717) is 11.6 Å². The van der Waals surface area contributed by atoms with Crippen LogP contribution in [-0.4, -0.2) is 29.7 Å². The molecule has 0 spiro atoms. The van der Waals surface area contributed by atoms with E-state index in [4.69, 9.17) is 0 Å². The van der Waals surface area contributed by atoms with Crippen molar-refractivity contribution in [3.63, 3.8) is 0 Å². The molecule has 0 saturated carbocycles. The fourth-order valence-corrected chi connectivity index (χ4v) is 1.53. The first-order valence-corrected chi connectivity index (χ1v) is 4.72. The molecular formula is C11H24N+. The second kappa shape index (κ2) is 3.61. The maximum absolute atomic E-state index is 3.83. The van der Waals surface area contributed by atoms with Gasteiger partial charge in [0.05, 0.1) is 25.2 Å². The standard InChI is InChI=1S/C11H24N/c1-8-9-12(7,10(2)3)11(4,5)6/h8,10H,1,9H2,2-7H3/q+1. The van der Waals surface area contributed by atoms with Crippen molar-refractivity contribution >= 4 is 0 Å². The molecule has 0 fully saturated rings. The number of quaternary nitrogens is 1. The third kappa shape index (κ3) is 2.10. The van der Waals surface area contributed by atoms with Crippen LogP contribution in [0.25, 0.3) is 0 Å². The molecule has 0 aromatic carbocycles. The Labute approximate surface area is 77.7 Å². The SMILES string of the molecule is C=CC[N+](C)(C(C)C)C(C)(C)C. The van der Waals surface area contributed by atoms with E-state index in [2.05, 4.69) is 48.2 Å². The summed E-state index contributed by atoms with van der Waals surface area (Å²) in [6.07, 6.45) is 2.02. The van der Waals surface area contributed by atoms with Gasteiger partial charge in [0.25, 0.3) is 0 Å². The Morgan fingerprint density at radius 3 is 1.83 bits per heavy atom. The van der Waals surface area contributed by atoms with Crippen LogP contribution in [0.1, 0.15) is 34.6 Å². The Morgan fingerprint density at radius 2 is 1.75 bits per heavy atom. The van der Waals surface area contributed by atoms with Crippen LogP contribution < -0.4 is 0 Å². The highest BCUT2D eigenvalue weighted by atomic mass is 15.4. The minimum Gasteiger partial charge on any atom is -0.317 e. The third-order valence-electron chi connectivity index (χ3n) is 3.18. The van der Waals surface area contributed by atoms with E-state index < -0.39 is 0 Å². The van der Waals surface area contributed by atoms with Crippen molar-refractivity contribution in [2.75, 3.05) is 13.6 Å². The lowest BCUT2D eigenvalue weighted by atomic mass is 9.99. The summed E-state index contributed by atoms with van der Waals surface area (Å²) < 4.78 is 1.05. The first-order chi connectivity index (χ1) is 5.25. The van der Waals surface area contributed by atoms with E-state index in [-0.39, 0.29) is 0 Å². The number of hydrogen-bond acceptors (Lipinski definition) is 0. The van der Waals surface area contributed by atoms with Crippen LogP contribution >= 0.6 is 0 Å². The average Bonchev–Trinajstić information content (AvgIpc) is 1.85. The molecule has 0 aliphatic rings. The Hall–Kier alpha value is -0.300. The molecule has 0 N–H and O–H groups in total. The van der Waals surface area contributed by atoms with Crippen LogP contribution in [0, 0.1) is 0 Å². The lowest BCUT2D eigenvalue weighted by molar-refractivity contribution is -0.967. The predicted octanol–water partition coefficient (Wildman–Crippen LogP) is 2.83. The maximum Gasteiger partial charge on any atom is 0.0974 e. The Morgan fingerprint density at radius 1 is 1.33 bits per heavy atom. The van der Waals surface area contributed by atoms with Gasteiger partial charge in [-0.3, -0.25) is 0 Å². The van der Waals surface area contributed by atoms with Crippen molar-refractivity contribution in [1.29, 1.82) is 0 Å². The molecule has 1 atom stereocenters. The van der Waals surface area contributed by atoms with Gasteiger partial charge < -0.3 is 4.48 Å². The molecular weight excluding hydrogens is 146 g/mol. The maximum atomic E-state index is 3.83. The number of hydrogen-bond donors (Lipinski definition) is 0. The topological polar surface area (TPSA) is 0 Å². The predicted molar refractivity (Wildman–Crippen MR) is 56.1 cm³/mol. The van der Waals surface area contributed by atoms with Crippen LogP contribution in [0.2, 0.25) is 0 Å². The zero-order valence-electron chi connectivity index (χ0n) is 9.52. The molecule has 1 nitrogen and oxygen atoms in total. The summed E-state index contributed by atoms with van der Waals surface area (Å²) in [6, 6.07) is 0.642. The van der Waals surface area contributed by atoms with Crippen molar-refractivity contribution in [2.24, 2.45) is 0 Å². The van der Waals surface area contributed by atoms with Gasteiger partial charge in [-0.25, -0.2) is 0 Å². The number of nitrogens with zero attached hydrogens (tertiary/aromatic N) is 1. The van der Waals surface area contributed by atoms with Crippen molar-refractivity contribution in [2.45, 2.75) is 46.2 Å². The molecule has 0 heterocycles. The summed E-state index contributed by atoms with van der Waals surface area (Å²) in [5.74, 6) is 0. The molecule has 72 valence electrons. The molecule has 0 radical (unpaired) electrons. The summed E-state index contributed by atoms with van der Waals surface area (Å²) in [7, 11) is 2.30. The second-order valence-corrected chi connectivity index (χ2v) is 5.00. The minimum atomic E-state index is 0.294. The van der Waals surface area contributed by atoms with Crippen LogP contribution in [0.15, 0.2) is 12.7 Å². The van der Waals surface area contributed by atoms with Gasteiger partial charge >= 0.3 is 0 Å². The van der Waals surface area contributed by atoms with Gasteiger partial charge in [-0.1, -0.05) is 6.58 Å². The quantitative estimate of drug-likeness (QED) is 0.451. The smallest absolute Gasteiger partial charge is 0.0974 e. The molecule has 0 aromatic heterocycles. The average molecular weight is 170 g/mol. The molecule has 1 heteroatoms. The highest BCUT2D eigenvalue weighted by molar-refractivity contribution is 4.72. The van der Waals surface area contributed by atoms with Gasteiger partial charge in [-0.2, -0.15) is 0 Å². The van der Waals surface area contributed by atoms with Gasteiger partial charge in [0.2, 0.25) is 0 Å². The minimum absolute atomic E-state index is 0.294. The van der Waals surface area contributed by atoms with E-state index in [9.17, 15) is 0 Å². The van der Waals surface area contributed by atoms with Gasteiger partial charge in [0.15, 0.2) is 0 Å². The van der Waals surface area contributed by atoms with E-state index in [1.165, 1.54) is 0 Å². The number of likely N-dealkylation sites (N-methyl/N-ethyl adjacent to an activating group) is 1. The zero-order valence-corrected chi connectivity index (χ0v) is 9.52. The van der Waals surface area contributed by atoms with Gasteiger partial charge in [-0.15, -0.1) is 0 Å². The van der Waals surface area contributed by atoms with Gasteiger partial charge in [-0.05, 0) is 40.7 Å². The van der Waals surface area contributed by atoms with Crippen molar-refractivity contribution in [3.05, 3.63) is 12.7 Å². The molecule has 0 aromatic rings. The summed E-state index contributed by atoms with van der Waals surface area (Å²) in [5, 5.41) is 0. The van der Waals surface area contributed by atoms with E-state index >= 15 is 0 Å². The lowest BCUT2D eigenvalue weighted by Gasteiger charge is -2.48. The molecule has 12 heavy (non-hydrogen) atoms. The molecule has 0 amide bonds. The molecule has 0 aliphatic carbocycles. The van der Waals surface area contributed by atoms with E-state index in [1.54, 1.807) is 0 Å². The van der Waals surface area contributed by atoms with Gasteiger partial charge in [0, 0.05) is 0 Å². The summed E-state index contributed by atoms with van der Waals surface area (Å²) in [6.45, 7) is 16.3. The highest BCUT2D eigenvalue weighted by Crippen LogP contribution is 2.25. The van der Waals surface area contributed by atoms with Crippen LogP contribution in [0.5, 0.6) is 0 Å². The molecule has 1 unspecified atom stereocenters. The fourth-order valence-electron chi connectivity index (χ4n) is 1.53. The van der Waals surface area contributed by atoms with Crippen molar-refractivity contribution < 1.29 is 4.48 Å². The lowest BCUT2D eigenvalue weighted by Crippen LogP contribution is -2.61. The molecule has 0 aliphatic heterocycles. The van der Waals surface area contributed by atoms with Crippen molar-refractivity contribution in [1.82, 2.24) is 0 Å². The largest absolute Gasteiger partial charge is 0.317 e. The summed E-state index contributed by atoms with van der Waals surface area (Å²) in [4.78, 5) is 0. The molecule has 0 bridgehead atoms. The van der Waals surface area contributed by atoms with Crippen molar-refractivity contribution in [3.8, 4) is 0 Å². The van der Waals surface area contributed by atoms with Crippen LogP contribution in [0.4, 0.5) is 0 Å².